The summed E-state index contributed by atoms with van der Waals surface area (Å²) in [5.74, 6) is 0. The third kappa shape index (κ3) is 6.21. The van der Waals surface area contributed by atoms with E-state index in [-0.39, 0.29) is 124 Å². The highest BCUT2D eigenvalue weighted by molar-refractivity contribution is 7.25. The lowest BCUT2D eigenvalue weighted by Gasteiger charge is -2.49. The molecule has 0 aliphatic carbocycles. The van der Waals surface area contributed by atoms with Gasteiger partial charge in [0.15, 0.2) is 0 Å². The highest BCUT2D eigenvalue weighted by Gasteiger charge is 2.47. The predicted octanol–water partition coefficient (Wildman–Crippen LogP) is 16.2. The Balaban J connectivity index is 0.00000576. The average Bonchev–Trinajstić information content (AvgIpc) is 3.00. The first-order valence-corrected chi connectivity index (χ1v) is 18.5. The van der Waals surface area contributed by atoms with Gasteiger partial charge in [-0.2, -0.15) is 21.9 Å². The topological polar surface area (TPSA) is 0 Å². The molecule has 0 aliphatic heterocycles. The van der Waals surface area contributed by atoms with Gasteiger partial charge in [-0.25, -0.2) is 0 Å². The Hall–Kier alpha value is 2.74. The first kappa shape index (κ1) is 40.5. The Morgan fingerprint density at radius 3 is 0.378 bits per heavy atom. The van der Waals surface area contributed by atoms with Crippen LogP contribution < -0.4 is 21.9 Å². The van der Waals surface area contributed by atoms with Gasteiger partial charge in [0.05, 0.1) is 60.3 Å². The molecule has 240 valence electrons. The van der Waals surface area contributed by atoms with E-state index in [0.29, 0.717) is 0 Å². The molecule has 0 amide bonds. The van der Waals surface area contributed by atoms with E-state index < -0.39 is 6.15 Å². The van der Waals surface area contributed by atoms with Gasteiger partial charge in [0.1, 0.15) is 6.15 Å². The van der Waals surface area contributed by atoms with E-state index in [1.165, 1.54) is 0 Å². The van der Waals surface area contributed by atoms with Crippen LogP contribution in [0.4, 0.5) is 0 Å². The third-order valence-electron chi connectivity index (χ3n) is 6.71. The summed E-state index contributed by atoms with van der Waals surface area (Å²) in [6.45, 7) is 0. The molecule has 0 heterocycles. The van der Waals surface area contributed by atoms with Gasteiger partial charge in [0, 0.05) is 40.2 Å². The van der Waals surface area contributed by atoms with Crippen LogP contribution in [0.2, 0.25) is 100 Å². The quantitative estimate of drug-likeness (QED) is 0.109. The van der Waals surface area contributed by atoms with Gasteiger partial charge < -0.3 is 0 Å². The van der Waals surface area contributed by atoms with Crippen molar-refractivity contribution in [3.05, 3.63) is 100 Å². The van der Waals surface area contributed by atoms with E-state index in [4.69, 9.17) is 232 Å². The van der Waals surface area contributed by atoms with Crippen molar-refractivity contribution in [2.24, 2.45) is 0 Å². The van der Waals surface area contributed by atoms with E-state index in [2.05, 4.69) is 0 Å². The van der Waals surface area contributed by atoms with Crippen molar-refractivity contribution in [3.8, 4) is 0 Å². The molecule has 45 heavy (non-hydrogen) atoms. The Kier molecular flexibility index (Phi) is 13.5. The fourth-order valence-electron chi connectivity index (χ4n) is 4.87. The summed E-state index contributed by atoms with van der Waals surface area (Å²) in [6.07, 6.45) is -3.60. The lowest BCUT2D eigenvalue weighted by Crippen LogP contribution is -2.77. The van der Waals surface area contributed by atoms with E-state index in [1.54, 1.807) is 0 Å². The maximum atomic E-state index is 6.98. The van der Waals surface area contributed by atoms with Crippen LogP contribution in [-0.4, -0.2) is 6.15 Å². The summed E-state index contributed by atoms with van der Waals surface area (Å²) in [6, 6.07) is 0. The smallest absolute Gasteiger partial charge is 0.155 e. The number of hydrogen-bond donors (Lipinski definition) is 0. The van der Waals surface area contributed by atoms with Crippen LogP contribution in [0.25, 0.3) is 0 Å². The summed E-state index contributed by atoms with van der Waals surface area (Å²) in [5, 5.41) is -6.46. The second-order valence-electron chi connectivity index (χ2n) is 8.80. The maximum Gasteiger partial charge on any atom is 1.00 e. The highest BCUT2D eigenvalue weighted by Crippen LogP contribution is 2.49. The molecule has 0 bridgehead atoms. The molecule has 0 aliphatic rings. The van der Waals surface area contributed by atoms with E-state index >= 15 is 0 Å². The molecule has 21 heteroatoms. The van der Waals surface area contributed by atoms with Crippen molar-refractivity contribution in [1.82, 2.24) is 0 Å². The first-order chi connectivity index (χ1) is 20.7. The van der Waals surface area contributed by atoms with Crippen molar-refractivity contribution >= 4 is 260 Å². The lowest BCUT2D eigenvalue weighted by atomic mass is 9.12. The van der Waals surface area contributed by atoms with Gasteiger partial charge in [-0.3, -0.25) is 0 Å². The van der Waals surface area contributed by atoms with Gasteiger partial charge in [-0.05, 0) is 0 Å². The largest absolute Gasteiger partial charge is 1.00 e. The Morgan fingerprint density at radius 2 is 0.267 bits per heavy atom. The first-order valence-electron chi connectivity index (χ1n) is 10.9. The monoisotopic (exact) mass is 999 g/mol. The van der Waals surface area contributed by atoms with Crippen LogP contribution >= 0.6 is 232 Å². The van der Waals surface area contributed by atoms with E-state index in [1.807, 2.05) is 0 Å². The molecular formula is C24HBCl20. The standard InChI is InChI=1S/C24BCl20/c26-5-1(6(27)14(35)21(42)13(5)34)25(2-7(28)15(36)22(43)16(37)8(2)29,3-9(30)17(38)23(44)18(39)10(3)31)4-11(32)19(40)24(45)20(41)12(4)33/q-1/p+1. The molecule has 0 N–H and O–H groups in total. The lowest BCUT2D eigenvalue weighted by molar-refractivity contribution is 1.64. The summed E-state index contributed by atoms with van der Waals surface area (Å²) in [4.78, 5) is 0. The summed E-state index contributed by atoms with van der Waals surface area (Å²) >= 11 is 134. The normalized spacial score (nSPS) is 12.0. The molecule has 0 fully saturated rings. The minimum absolute atomic E-state index is 0. The van der Waals surface area contributed by atoms with Crippen LogP contribution in [-0.2, 0) is 0 Å². The number of halogens is 20. The Labute approximate surface area is 357 Å². The number of rotatable bonds is 4. The SMILES string of the molecule is Clc1c(Cl)c(Cl)c([B-](c2c(Cl)c(Cl)c(Cl)c(Cl)c2Cl)(c2c(Cl)c(Cl)c(Cl)c(Cl)c2Cl)c2c(Cl)c(Cl)c(Cl)c(Cl)c2Cl)c(Cl)c1Cl.[H+]. The molecule has 0 atom stereocenters. The zero-order valence-corrected chi connectivity index (χ0v) is 35.3. The third-order valence-corrected chi connectivity index (χ3v) is 15.9. The molecule has 4 aromatic carbocycles. The number of benzene rings is 4. The fraction of sp³-hybridized carbons (Fsp3) is 0. The van der Waals surface area contributed by atoms with Crippen molar-refractivity contribution in [3.63, 3.8) is 0 Å². The van der Waals surface area contributed by atoms with Gasteiger partial charge >= 0.3 is 1.43 Å². The molecule has 0 radical (unpaired) electrons. The molecule has 0 aromatic heterocycles. The highest BCUT2D eigenvalue weighted by atomic mass is 35.5. The van der Waals surface area contributed by atoms with Crippen molar-refractivity contribution in [1.29, 1.82) is 0 Å². The van der Waals surface area contributed by atoms with Crippen LogP contribution in [0.15, 0.2) is 0 Å². The fourth-order valence-corrected chi connectivity index (χ4v) is 10.8. The summed E-state index contributed by atoms with van der Waals surface area (Å²) < 4.78 is 0. The summed E-state index contributed by atoms with van der Waals surface area (Å²) in [7, 11) is 0. The van der Waals surface area contributed by atoms with Gasteiger partial charge in [0.2, 0.25) is 0 Å². The number of hydrogen-bond acceptors (Lipinski definition) is 0. The molecule has 0 spiro atoms. The molecule has 4 aromatic rings. The van der Waals surface area contributed by atoms with Crippen LogP contribution in [0, 0.1) is 0 Å². The van der Waals surface area contributed by atoms with Crippen LogP contribution in [0.5, 0.6) is 0 Å². The van der Waals surface area contributed by atoms with E-state index in [9.17, 15) is 0 Å². The van der Waals surface area contributed by atoms with Crippen LogP contribution in [0.3, 0.4) is 0 Å². The summed E-state index contributed by atoms with van der Waals surface area (Å²) in [5.41, 5.74) is -1.03. The van der Waals surface area contributed by atoms with Gasteiger partial charge in [0.25, 0.3) is 0 Å². The van der Waals surface area contributed by atoms with Crippen molar-refractivity contribution in [2.75, 3.05) is 0 Å². The zero-order valence-electron chi connectivity index (χ0n) is 21.1. The minimum Gasteiger partial charge on any atom is -0.155 e. The zero-order chi connectivity index (χ0) is 34.4. The van der Waals surface area contributed by atoms with Crippen molar-refractivity contribution < 1.29 is 1.43 Å². The molecule has 0 saturated carbocycles. The molecule has 0 unspecified atom stereocenters. The second kappa shape index (κ2) is 15.0. The second-order valence-corrected chi connectivity index (χ2v) is 16.4. The van der Waals surface area contributed by atoms with Crippen molar-refractivity contribution in [2.45, 2.75) is 0 Å². The van der Waals surface area contributed by atoms with Crippen LogP contribution in [0.1, 0.15) is 1.43 Å². The minimum atomic E-state index is -3.60. The maximum absolute atomic E-state index is 6.98. The van der Waals surface area contributed by atoms with E-state index in [0.717, 1.165) is 0 Å². The Bertz CT molecular complexity index is 1580. The Morgan fingerprint density at radius 1 is 0.178 bits per heavy atom. The van der Waals surface area contributed by atoms with Gasteiger partial charge in [-0.1, -0.05) is 232 Å². The average molecular weight is 1010 g/mol. The van der Waals surface area contributed by atoms with Gasteiger partial charge in [-0.15, -0.1) is 0 Å². The molecule has 4 rings (SSSR count). The molecule has 0 saturated heterocycles. The molecule has 0 nitrogen and oxygen atoms in total. The molecular weight excluding hydrogens is 1010 g/mol. The predicted molar refractivity (Wildman–Crippen MR) is 211 cm³/mol.